The monoisotopic (exact) mass is 410 g/mol. The maximum atomic E-state index is 10.3. The Morgan fingerprint density at radius 1 is 0.484 bits per heavy atom. The molecule has 0 heterocycles. The van der Waals surface area contributed by atoms with Crippen molar-refractivity contribution in [3.8, 4) is 50.6 Å². The van der Waals surface area contributed by atoms with Gasteiger partial charge in [0, 0.05) is 0 Å². The molecule has 0 spiro atoms. The van der Waals surface area contributed by atoms with Gasteiger partial charge in [-0.25, -0.2) is 0 Å². The third-order valence-electron chi connectivity index (χ3n) is 5.80. The van der Waals surface area contributed by atoms with Gasteiger partial charge in [0.1, 0.15) is 17.2 Å². The molecule has 0 saturated carbocycles. The highest BCUT2D eigenvalue weighted by atomic mass is 16.3. The van der Waals surface area contributed by atoms with E-state index in [2.05, 4.69) is 6.07 Å². The molecule has 0 aliphatic heterocycles. The van der Waals surface area contributed by atoms with Crippen molar-refractivity contribution in [1.82, 2.24) is 0 Å². The SMILES string of the molecule is Cc1cc(-c2cccc(-c3cccc(O)c3)c2-c2cc(C)c(O)c(C)c2)cc(C)c1O. The maximum Gasteiger partial charge on any atom is 0.121 e. The second-order valence-electron chi connectivity index (χ2n) is 8.20. The van der Waals surface area contributed by atoms with Crippen molar-refractivity contribution in [2.24, 2.45) is 0 Å². The molecular weight excluding hydrogens is 384 g/mol. The number of rotatable bonds is 3. The molecule has 31 heavy (non-hydrogen) atoms. The Balaban J connectivity index is 2.09. The Hall–Kier alpha value is -3.72. The van der Waals surface area contributed by atoms with Crippen LogP contribution in [0.15, 0.2) is 66.7 Å². The summed E-state index contributed by atoms with van der Waals surface area (Å²) in [5, 5.41) is 30.7. The first-order valence-electron chi connectivity index (χ1n) is 10.3. The lowest BCUT2D eigenvalue weighted by atomic mass is 9.85. The molecule has 0 fully saturated rings. The van der Waals surface area contributed by atoms with Gasteiger partial charge in [-0.1, -0.05) is 30.3 Å². The smallest absolute Gasteiger partial charge is 0.121 e. The van der Waals surface area contributed by atoms with Gasteiger partial charge in [0.05, 0.1) is 0 Å². The van der Waals surface area contributed by atoms with Crippen LogP contribution in [0.3, 0.4) is 0 Å². The van der Waals surface area contributed by atoms with Gasteiger partial charge in [-0.3, -0.25) is 0 Å². The first-order valence-corrected chi connectivity index (χ1v) is 10.3. The molecule has 4 aromatic rings. The second kappa shape index (κ2) is 7.84. The van der Waals surface area contributed by atoms with Crippen LogP contribution in [0.1, 0.15) is 22.3 Å². The van der Waals surface area contributed by atoms with E-state index in [4.69, 9.17) is 0 Å². The fraction of sp³-hybridized carbons (Fsp3) is 0.143. The summed E-state index contributed by atoms with van der Waals surface area (Å²) in [5.41, 5.74) is 9.20. The number of hydrogen-bond donors (Lipinski definition) is 3. The van der Waals surface area contributed by atoms with Crippen molar-refractivity contribution < 1.29 is 15.3 Å². The lowest BCUT2D eigenvalue weighted by molar-refractivity contribution is 0.466. The predicted octanol–water partition coefficient (Wildman–Crippen LogP) is 7.04. The van der Waals surface area contributed by atoms with Crippen LogP contribution < -0.4 is 0 Å². The zero-order chi connectivity index (χ0) is 22.3. The minimum absolute atomic E-state index is 0.211. The lowest BCUT2D eigenvalue weighted by Gasteiger charge is -2.19. The summed E-state index contributed by atoms with van der Waals surface area (Å²) in [6.07, 6.45) is 0. The molecule has 3 N–H and O–H groups in total. The lowest BCUT2D eigenvalue weighted by Crippen LogP contribution is -1.94. The Morgan fingerprint density at radius 3 is 1.45 bits per heavy atom. The van der Waals surface area contributed by atoms with Crippen molar-refractivity contribution in [3.63, 3.8) is 0 Å². The highest BCUT2D eigenvalue weighted by Gasteiger charge is 2.17. The third kappa shape index (κ3) is 3.75. The van der Waals surface area contributed by atoms with Crippen LogP contribution in [0.4, 0.5) is 0 Å². The predicted molar refractivity (Wildman–Crippen MR) is 127 cm³/mol. The molecule has 0 atom stereocenters. The molecule has 0 aliphatic carbocycles. The van der Waals surface area contributed by atoms with Crippen LogP contribution in [0.2, 0.25) is 0 Å². The largest absolute Gasteiger partial charge is 0.508 e. The minimum atomic E-state index is 0.211. The molecular formula is C28H26O3. The molecule has 3 nitrogen and oxygen atoms in total. The normalized spacial score (nSPS) is 11.0. The number of phenolic OH excluding ortho intramolecular Hbond substituents is 3. The van der Waals surface area contributed by atoms with E-state index in [1.54, 1.807) is 12.1 Å². The van der Waals surface area contributed by atoms with Gasteiger partial charge in [-0.2, -0.15) is 0 Å². The summed E-state index contributed by atoms with van der Waals surface area (Å²) in [7, 11) is 0. The van der Waals surface area contributed by atoms with Crippen molar-refractivity contribution in [3.05, 3.63) is 89.0 Å². The number of benzene rings is 4. The number of aromatic hydroxyl groups is 3. The molecule has 3 heteroatoms. The molecule has 0 bridgehead atoms. The maximum absolute atomic E-state index is 10.3. The summed E-state index contributed by atoms with van der Waals surface area (Å²) in [6.45, 7) is 7.60. The highest BCUT2D eigenvalue weighted by molar-refractivity contribution is 5.95. The van der Waals surface area contributed by atoms with Gasteiger partial charge in [0.15, 0.2) is 0 Å². The topological polar surface area (TPSA) is 60.7 Å². The molecule has 4 aromatic carbocycles. The van der Waals surface area contributed by atoms with Gasteiger partial charge in [-0.15, -0.1) is 0 Å². The standard InChI is InChI=1S/C28H26O3/c1-16-11-21(12-17(2)27(16)30)25-10-6-9-24(20-7-5-8-23(29)15-20)26(25)22-13-18(3)28(31)19(4)14-22/h5-15,29-31H,1-4H3. The van der Waals surface area contributed by atoms with E-state index in [0.717, 1.165) is 55.6 Å². The average molecular weight is 411 g/mol. The van der Waals surface area contributed by atoms with Crippen molar-refractivity contribution in [1.29, 1.82) is 0 Å². The zero-order valence-corrected chi connectivity index (χ0v) is 18.2. The average Bonchev–Trinajstić information content (AvgIpc) is 2.74. The van der Waals surface area contributed by atoms with Crippen LogP contribution in [0.5, 0.6) is 17.2 Å². The van der Waals surface area contributed by atoms with Crippen LogP contribution in [-0.2, 0) is 0 Å². The summed E-state index contributed by atoms with van der Waals surface area (Å²) < 4.78 is 0. The van der Waals surface area contributed by atoms with Crippen LogP contribution >= 0.6 is 0 Å². The molecule has 0 unspecified atom stereocenters. The van der Waals surface area contributed by atoms with E-state index < -0.39 is 0 Å². The van der Waals surface area contributed by atoms with Gasteiger partial charge in [-0.05, 0) is 120 Å². The number of aryl methyl sites for hydroxylation is 4. The fourth-order valence-electron chi connectivity index (χ4n) is 4.23. The third-order valence-corrected chi connectivity index (χ3v) is 5.80. The Morgan fingerprint density at radius 2 is 0.935 bits per heavy atom. The van der Waals surface area contributed by atoms with E-state index >= 15 is 0 Å². The van der Waals surface area contributed by atoms with E-state index in [1.165, 1.54) is 0 Å². The van der Waals surface area contributed by atoms with E-state index in [0.29, 0.717) is 11.5 Å². The van der Waals surface area contributed by atoms with Gasteiger partial charge in [0.2, 0.25) is 0 Å². The molecule has 0 aliphatic rings. The van der Waals surface area contributed by atoms with Gasteiger partial charge < -0.3 is 15.3 Å². The fourth-order valence-corrected chi connectivity index (χ4v) is 4.23. The Kier molecular flexibility index (Phi) is 5.20. The Bertz CT molecular complexity index is 1260. The van der Waals surface area contributed by atoms with Crippen molar-refractivity contribution >= 4 is 0 Å². The van der Waals surface area contributed by atoms with Gasteiger partial charge in [0.25, 0.3) is 0 Å². The van der Waals surface area contributed by atoms with Crippen LogP contribution in [0, 0.1) is 27.7 Å². The number of hydrogen-bond acceptors (Lipinski definition) is 3. The number of phenols is 3. The summed E-state index contributed by atoms with van der Waals surface area (Å²) in [6, 6.07) is 21.3. The van der Waals surface area contributed by atoms with Crippen molar-refractivity contribution in [2.45, 2.75) is 27.7 Å². The minimum Gasteiger partial charge on any atom is -0.508 e. The first-order chi connectivity index (χ1) is 14.8. The molecule has 0 saturated heterocycles. The molecule has 0 aromatic heterocycles. The summed E-state index contributed by atoms with van der Waals surface area (Å²) >= 11 is 0. The molecule has 4 rings (SSSR count). The van der Waals surface area contributed by atoms with Gasteiger partial charge >= 0.3 is 0 Å². The van der Waals surface area contributed by atoms with Crippen LogP contribution in [0.25, 0.3) is 33.4 Å². The quantitative estimate of drug-likeness (QED) is 0.339. The van der Waals surface area contributed by atoms with Crippen molar-refractivity contribution in [2.75, 3.05) is 0 Å². The van der Waals surface area contributed by atoms with E-state index in [9.17, 15) is 15.3 Å². The first kappa shape index (κ1) is 20.5. The molecule has 0 amide bonds. The van der Waals surface area contributed by atoms with E-state index in [1.807, 2.05) is 76.2 Å². The summed E-state index contributed by atoms with van der Waals surface area (Å²) in [5.74, 6) is 0.825. The summed E-state index contributed by atoms with van der Waals surface area (Å²) in [4.78, 5) is 0. The van der Waals surface area contributed by atoms with Crippen LogP contribution in [-0.4, -0.2) is 15.3 Å². The highest BCUT2D eigenvalue weighted by Crippen LogP contribution is 2.43. The second-order valence-corrected chi connectivity index (χ2v) is 8.20. The zero-order valence-electron chi connectivity index (χ0n) is 18.2. The molecule has 156 valence electrons. The Labute approximate surface area is 182 Å². The van der Waals surface area contributed by atoms with E-state index in [-0.39, 0.29) is 5.75 Å². The molecule has 0 radical (unpaired) electrons.